The van der Waals surface area contributed by atoms with Crippen molar-refractivity contribution >= 4 is 23.3 Å². The van der Waals surface area contributed by atoms with Crippen molar-refractivity contribution in [1.29, 1.82) is 0 Å². The van der Waals surface area contributed by atoms with Crippen LogP contribution in [0.15, 0.2) is 30.5 Å². The number of fused-ring (bicyclic) bond motifs is 1. The lowest BCUT2D eigenvalue weighted by atomic mass is 10.2. The molecule has 4 heterocycles. The van der Waals surface area contributed by atoms with E-state index >= 15 is 0 Å². The second-order valence-electron chi connectivity index (χ2n) is 6.98. The Morgan fingerprint density at radius 1 is 1.11 bits per heavy atom. The molecule has 0 aliphatic carbocycles. The van der Waals surface area contributed by atoms with Crippen LogP contribution < -0.4 is 10.2 Å². The number of piperazine rings is 1. The van der Waals surface area contributed by atoms with Crippen molar-refractivity contribution < 1.29 is 4.79 Å². The molecular formula is C20H25N7O. The largest absolute Gasteiger partial charge is 0.370 e. The molecule has 1 fully saturated rings. The van der Waals surface area contributed by atoms with Crippen molar-refractivity contribution in [1.82, 2.24) is 24.3 Å². The van der Waals surface area contributed by atoms with Crippen molar-refractivity contribution in [2.24, 2.45) is 0 Å². The number of rotatable bonds is 4. The predicted octanol–water partition coefficient (Wildman–Crippen LogP) is 2.14. The highest BCUT2D eigenvalue weighted by Crippen LogP contribution is 2.19. The number of aryl methyl sites for hydroxylation is 2. The van der Waals surface area contributed by atoms with E-state index in [1.165, 1.54) is 0 Å². The van der Waals surface area contributed by atoms with Crippen LogP contribution in [0.2, 0.25) is 0 Å². The molecule has 8 nitrogen and oxygen atoms in total. The molecule has 0 radical (unpaired) electrons. The number of amides is 1. The van der Waals surface area contributed by atoms with Gasteiger partial charge in [0, 0.05) is 50.7 Å². The summed E-state index contributed by atoms with van der Waals surface area (Å²) in [5.74, 6) is 1.58. The SMILES string of the molecule is CCNc1cc(C)nc(N2CCN(C(=O)c3c(C)nc4ccccn34)CC2)n1. The van der Waals surface area contributed by atoms with Gasteiger partial charge in [-0.3, -0.25) is 9.20 Å². The maximum atomic E-state index is 13.1. The third-order valence-electron chi connectivity index (χ3n) is 4.96. The van der Waals surface area contributed by atoms with E-state index < -0.39 is 0 Å². The lowest BCUT2D eigenvalue weighted by Gasteiger charge is -2.35. The summed E-state index contributed by atoms with van der Waals surface area (Å²) in [6.45, 7) is 9.39. The van der Waals surface area contributed by atoms with Gasteiger partial charge in [-0.25, -0.2) is 9.97 Å². The fraction of sp³-hybridized carbons (Fsp3) is 0.400. The van der Waals surface area contributed by atoms with Crippen LogP contribution in [0.5, 0.6) is 0 Å². The first-order valence-corrected chi connectivity index (χ1v) is 9.64. The number of carbonyl (C=O) groups is 1. The summed E-state index contributed by atoms with van der Waals surface area (Å²) in [4.78, 5) is 30.9. The molecular weight excluding hydrogens is 354 g/mol. The van der Waals surface area contributed by atoms with Gasteiger partial charge in [-0.1, -0.05) is 6.07 Å². The molecule has 3 aromatic rings. The summed E-state index contributed by atoms with van der Waals surface area (Å²) < 4.78 is 1.87. The molecule has 0 atom stereocenters. The van der Waals surface area contributed by atoms with Crippen LogP contribution >= 0.6 is 0 Å². The Balaban J connectivity index is 1.50. The molecule has 0 bridgehead atoms. The summed E-state index contributed by atoms with van der Waals surface area (Å²) in [5.41, 5.74) is 3.13. The molecule has 0 spiro atoms. The van der Waals surface area contributed by atoms with Gasteiger partial charge in [0.25, 0.3) is 5.91 Å². The summed E-state index contributed by atoms with van der Waals surface area (Å²) in [6.07, 6.45) is 1.89. The zero-order chi connectivity index (χ0) is 19.7. The normalized spacial score (nSPS) is 14.5. The van der Waals surface area contributed by atoms with E-state index in [0.29, 0.717) is 37.8 Å². The second kappa shape index (κ2) is 7.46. The van der Waals surface area contributed by atoms with Crippen molar-refractivity contribution in [3.8, 4) is 0 Å². The Morgan fingerprint density at radius 3 is 2.64 bits per heavy atom. The minimum atomic E-state index is 0.0225. The van der Waals surface area contributed by atoms with E-state index in [9.17, 15) is 4.79 Å². The van der Waals surface area contributed by atoms with Crippen LogP contribution in [0.1, 0.15) is 28.8 Å². The van der Waals surface area contributed by atoms with Gasteiger partial charge < -0.3 is 15.1 Å². The Labute approximate surface area is 164 Å². The average molecular weight is 379 g/mol. The number of hydrogen-bond donors (Lipinski definition) is 1. The summed E-state index contributed by atoms with van der Waals surface area (Å²) in [7, 11) is 0. The van der Waals surface area contributed by atoms with Crippen LogP contribution in [0, 0.1) is 13.8 Å². The van der Waals surface area contributed by atoms with E-state index in [2.05, 4.69) is 25.2 Å². The van der Waals surface area contributed by atoms with E-state index in [0.717, 1.165) is 29.4 Å². The van der Waals surface area contributed by atoms with Gasteiger partial charge in [-0.15, -0.1) is 0 Å². The average Bonchev–Trinajstić information content (AvgIpc) is 3.03. The number of nitrogens with one attached hydrogen (secondary N) is 1. The zero-order valence-corrected chi connectivity index (χ0v) is 16.5. The number of imidazole rings is 1. The maximum absolute atomic E-state index is 13.1. The molecule has 1 saturated heterocycles. The monoisotopic (exact) mass is 379 g/mol. The Kier molecular flexibility index (Phi) is 4.85. The van der Waals surface area contributed by atoms with Crippen LogP contribution in [-0.2, 0) is 0 Å². The van der Waals surface area contributed by atoms with Crippen molar-refractivity contribution in [2.45, 2.75) is 20.8 Å². The fourth-order valence-electron chi connectivity index (χ4n) is 3.60. The molecule has 146 valence electrons. The number of aromatic nitrogens is 4. The van der Waals surface area contributed by atoms with Gasteiger partial charge >= 0.3 is 0 Å². The van der Waals surface area contributed by atoms with Crippen LogP contribution in [0.25, 0.3) is 5.65 Å². The van der Waals surface area contributed by atoms with E-state index in [1.807, 2.05) is 60.5 Å². The van der Waals surface area contributed by atoms with E-state index in [1.54, 1.807) is 0 Å². The maximum Gasteiger partial charge on any atom is 0.272 e. The van der Waals surface area contributed by atoms with Gasteiger partial charge in [-0.2, -0.15) is 4.98 Å². The third-order valence-corrected chi connectivity index (χ3v) is 4.96. The number of hydrogen-bond acceptors (Lipinski definition) is 6. The lowest BCUT2D eigenvalue weighted by Crippen LogP contribution is -2.49. The predicted molar refractivity (Wildman–Crippen MR) is 109 cm³/mol. The number of nitrogens with zero attached hydrogens (tertiary/aromatic N) is 6. The Hall–Kier alpha value is -3.16. The highest BCUT2D eigenvalue weighted by atomic mass is 16.2. The highest BCUT2D eigenvalue weighted by molar-refractivity contribution is 5.94. The molecule has 1 amide bonds. The van der Waals surface area contributed by atoms with Gasteiger partial charge in [0.15, 0.2) is 0 Å². The number of anilines is 2. The highest BCUT2D eigenvalue weighted by Gasteiger charge is 2.27. The molecule has 8 heteroatoms. The van der Waals surface area contributed by atoms with Crippen LogP contribution in [-0.4, -0.2) is 62.9 Å². The molecule has 0 unspecified atom stereocenters. The summed E-state index contributed by atoms with van der Waals surface area (Å²) >= 11 is 0. The minimum absolute atomic E-state index is 0.0225. The fourth-order valence-corrected chi connectivity index (χ4v) is 3.60. The van der Waals surface area contributed by atoms with Crippen molar-refractivity contribution in [3.63, 3.8) is 0 Å². The van der Waals surface area contributed by atoms with Crippen LogP contribution in [0.3, 0.4) is 0 Å². The first-order valence-electron chi connectivity index (χ1n) is 9.64. The van der Waals surface area contributed by atoms with Gasteiger partial charge in [0.1, 0.15) is 17.2 Å². The Bertz CT molecular complexity index is 1000. The molecule has 1 aliphatic rings. The molecule has 0 saturated carbocycles. The zero-order valence-electron chi connectivity index (χ0n) is 16.5. The quantitative estimate of drug-likeness (QED) is 0.748. The lowest BCUT2D eigenvalue weighted by molar-refractivity contribution is 0.0738. The Morgan fingerprint density at radius 2 is 1.89 bits per heavy atom. The van der Waals surface area contributed by atoms with Gasteiger partial charge in [-0.05, 0) is 32.9 Å². The summed E-state index contributed by atoms with van der Waals surface area (Å²) in [5, 5.41) is 3.24. The third kappa shape index (κ3) is 3.37. The second-order valence-corrected chi connectivity index (χ2v) is 6.98. The topological polar surface area (TPSA) is 78.7 Å². The summed E-state index contributed by atoms with van der Waals surface area (Å²) in [6, 6.07) is 7.71. The molecule has 4 rings (SSSR count). The minimum Gasteiger partial charge on any atom is -0.370 e. The van der Waals surface area contributed by atoms with Gasteiger partial charge in [0.05, 0.1) is 5.69 Å². The molecule has 28 heavy (non-hydrogen) atoms. The van der Waals surface area contributed by atoms with E-state index in [4.69, 9.17) is 0 Å². The molecule has 1 N–H and O–H groups in total. The van der Waals surface area contributed by atoms with Gasteiger partial charge in [0.2, 0.25) is 5.95 Å². The number of pyridine rings is 1. The smallest absolute Gasteiger partial charge is 0.272 e. The van der Waals surface area contributed by atoms with Crippen molar-refractivity contribution in [3.05, 3.63) is 47.5 Å². The molecule has 3 aromatic heterocycles. The first kappa shape index (κ1) is 18.2. The van der Waals surface area contributed by atoms with E-state index in [-0.39, 0.29) is 5.91 Å². The standard InChI is InChI=1S/C20H25N7O/c1-4-21-16-13-14(2)22-20(24-16)26-11-9-25(10-12-26)19(28)18-15(3)23-17-7-5-6-8-27(17)18/h5-8,13H,4,9-12H2,1-3H3,(H,21,22,24). The first-order chi connectivity index (χ1) is 13.6. The van der Waals surface area contributed by atoms with Crippen LogP contribution in [0.4, 0.5) is 11.8 Å². The molecule has 0 aromatic carbocycles. The molecule has 1 aliphatic heterocycles. The van der Waals surface area contributed by atoms with Crippen molar-refractivity contribution in [2.75, 3.05) is 42.9 Å². The number of carbonyl (C=O) groups excluding carboxylic acids is 1.